The van der Waals surface area contributed by atoms with Gasteiger partial charge in [-0.3, -0.25) is 0 Å². The molecule has 3 aromatic rings. The number of fused-ring (bicyclic) bond motifs is 1. The first-order chi connectivity index (χ1) is 9.06. The first-order valence-corrected chi connectivity index (χ1v) is 6.07. The Labute approximate surface area is 110 Å². The number of hydrogen-bond acceptors (Lipinski definition) is 2. The number of aromatic nitrogens is 2. The summed E-state index contributed by atoms with van der Waals surface area (Å²) in [5, 5.41) is 0. The number of anilines is 1. The third-order valence-electron chi connectivity index (χ3n) is 3.36. The molecule has 2 aromatic heterocycles. The highest BCUT2D eigenvalue weighted by Crippen LogP contribution is 2.25. The second-order valence-electron chi connectivity index (χ2n) is 4.69. The molecule has 1 aromatic carbocycles. The van der Waals surface area contributed by atoms with E-state index in [1.807, 2.05) is 30.5 Å². The Bertz CT molecular complexity index is 757. The highest BCUT2D eigenvalue weighted by atomic mass is 19.1. The van der Waals surface area contributed by atoms with E-state index in [0.29, 0.717) is 0 Å². The van der Waals surface area contributed by atoms with Crippen molar-refractivity contribution in [1.82, 2.24) is 9.38 Å². The van der Waals surface area contributed by atoms with Crippen molar-refractivity contribution in [1.29, 1.82) is 0 Å². The van der Waals surface area contributed by atoms with Crippen molar-refractivity contribution >= 4 is 11.3 Å². The largest absolute Gasteiger partial charge is 0.397 e. The summed E-state index contributed by atoms with van der Waals surface area (Å²) in [5.41, 5.74) is 11.3. The van der Waals surface area contributed by atoms with Crippen molar-refractivity contribution in [3.05, 3.63) is 53.6 Å². The normalized spacial score (nSPS) is 11.1. The summed E-state index contributed by atoms with van der Waals surface area (Å²) >= 11 is 0. The van der Waals surface area contributed by atoms with Crippen LogP contribution in [0.25, 0.3) is 16.9 Å². The number of halogens is 1. The van der Waals surface area contributed by atoms with E-state index in [4.69, 9.17) is 5.73 Å². The molecule has 4 heteroatoms. The minimum Gasteiger partial charge on any atom is -0.397 e. The Morgan fingerprint density at radius 3 is 2.53 bits per heavy atom. The van der Waals surface area contributed by atoms with Gasteiger partial charge in [-0.15, -0.1) is 0 Å². The first-order valence-electron chi connectivity index (χ1n) is 6.07. The molecule has 0 aliphatic carbocycles. The lowest BCUT2D eigenvalue weighted by Gasteiger charge is -2.02. The first kappa shape index (κ1) is 11.7. The fourth-order valence-electron chi connectivity index (χ4n) is 2.20. The maximum atomic E-state index is 13.0. The van der Waals surface area contributed by atoms with Crippen LogP contribution in [0.4, 0.5) is 10.1 Å². The number of aryl methyl sites for hydroxylation is 2. The summed E-state index contributed by atoms with van der Waals surface area (Å²) in [7, 11) is 0. The molecule has 3 rings (SSSR count). The summed E-state index contributed by atoms with van der Waals surface area (Å²) in [4.78, 5) is 4.60. The van der Waals surface area contributed by atoms with Crippen molar-refractivity contribution in [3.63, 3.8) is 0 Å². The van der Waals surface area contributed by atoms with Crippen LogP contribution in [0, 0.1) is 19.7 Å². The smallest absolute Gasteiger partial charge is 0.138 e. The zero-order chi connectivity index (χ0) is 13.6. The van der Waals surface area contributed by atoms with Gasteiger partial charge in [0.15, 0.2) is 0 Å². The van der Waals surface area contributed by atoms with Crippen molar-refractivity contribution in [2.75, 3.05) is 5.73 Å². The Morgan fingerprint density at radius 1 is 1.16 bits per heavy atom. The molecule has 0 fully saturated rings. The molecule has 0 amide bonds. The average molecular weight is 255 g/mol. The van der Waals surface area contributed by atoms with Crippen LogP contribution in [0.1, 0.15) is 11.3 Å². The lowest BCUT2D eigenvalue weighted by molar-refractivity contribution is 0.628. The van der Waals surface area contributed by atoms with Gasteiger partial charge >= 0.3 is 0 Å². The highest BCUT2D eigenvalue weighted by molar-refractivity contribution is 5.68. The van der Waals surface area contributed by atoms with E-state index in [2.05, 4.69) is 4.98 Å². The van der Waals surface area contributed by atoms with Gasteiger partial charge in [0.1, 0.15) is 11.5 Å². The molecule has 96 valence electrons. The van der Waals surface area contributed by atoms with E-state index < -0.39 is 0 Å². The Morgan fingerprint density at radius 2 is 1.84 bits per heavy atom. The summed E-state index contributed by atoms with van der Waals surface area (Å²) in [6.45, 7) is 3.93. The fourth-order valence-corrected chi connectivity index (χ4v) is 2.20. The number of pyridine rings is 1. The topological polar surface area (TPSA) is 43.3 Å². The molecule has 0 radical (unpaired) electrons. The molecule has 0 saturated heterocycles. The summed E-state index contributed by atoms with van der Waals surface area (Å²) in [5.74, 6) is -0.245. The highest BCUT2D eigenvalue weighted by Gasteiger charge is 2.11. The number of benzene rings is 1. The molecule has 3 nitrogen and oxygen atoms in total. The number of nitrogens with zero attached hydrogens (tertiary/aromatic N) is 2. The number of imidazole rings is 1. The molecule has 0 atom stereocenters. The summed E-state index contributed by atoms with van der Waals surface area (Å²) < 4.78 is 14.9. The third kappa shape index (κ3) is 1.85. The van der Waals surface area contributed by atoms with Gasteiger partial charge < -0.3 is 10.1 Å². The van der Waals surface area contributed by atoms with Crippen LogP contribution in [0.2, 0.25) is 0 Å². The van der Waals surface area contributed by atoms with Crippen LogP contribution in [-0.2, 0) is 0 Å². The number of rotatable bonds is 1. The minimum atomic E-state index is -0.245. The average Bonchev–Trinajstić information content (AvgIpc) is 2.69. The Hall–Kier alpha value is -2.36. The van der Waals surface area contributed by atoms with Crippen molar-refractivity contribution in [2.45, 2.75) is 13.8 Å². The molecule has 0 spiro atoms. The molecular weight excluding hydrogens is 241 g/mol. The van der Waals surface area contributed by atoms with Gasteiger partial charge in [-0.1, -0.05) is 0 Å². The summed E-state index contributed by atoms with van der Waals surface area (Å²) in [6.07, 6.45) is 1.88. The van der Waals surface area contributed by atoms with Gasteiger partial charge in [0.25, 0.3) is 0 Å². The second-order valence-corrected chi connectivity index (χ2v) is 4.69. The molecule has 0 bridgehead atoms. The van der Waals surface area contributed by atoms with Crippen molar-refractivity contribution < 1.29 is 4.39 Å². The van der Waals surface area contributed by atoms with Crippen LogP contribution in [-0.4, -0.2) is 9.38 Å². The molecule has 19 heavy (non-hydrogen) atoms. The van der Waals surface area contributed by atoms with Gasteiger partial charge in [-0.25, -0.2) is 9.37 Å². The van der Waals surface area contributed by atoms with Crippen LogP contribution in [0.3, 0.4) is 0 Å². The Kier molecular flexibility index (Phi) is 2.52. The number of nitrogens with two attached hydrogens (primary N) is 1. The van der Waals surface area contributed by atoms with E-state index in [0.717, 1.165) is 33.8 Å². The van der Waals surface area contributed by atoms with Crippen LogP contribution < -0.4 is 5.73 Å². The maximum Gasteiger partial charge on any atom is 0.138 e. The van der Waals surface area contributed by atoms with Gasteiger partial charge in [0.2, 0.25) is 0 Å². The van der Waals surface area contributed by atoms with E-state index >= 15 is 0 Å². The quantitative estimate of drug-likeness (QED) is 0.724. The van der Waals surface area contributed by atoms with E-state index in [9.17, 15) is 4.39 Å². The Balaban J connectivity index is 2.25. The van der Waals surface area contributed by atoms with Crippen molar-refractivity contribution in [3.8, 4) is 11.3 Å². The van der Waals surface area contributed by atoms with Crippen LogP contribution in [0.5, 0.6) is 0 Å². The second kappa shape index (κ2) is 4.09. The number of hydrogen-bond donors (Lipinski definition) is 1. The standard InChI is InChI=1S/C15H14FN3/c1-9-7-14-18-15(10(2)19(14)8-13(9)17)11-3-5-12(16)6-4-11/h3-8H,17H2,1-2H3. The zero-order valence-electron chi connectivity index (χ0n) is 10.8. The SMILES string of the molecule is Cc1cc2nc(-c3ccc(F)cc3)c(C)n2cc1N. The fraction of sp³-hybridized carbons (Fsp3) is 0.133. The minimum absolute atomic E-state index is 0.245. The lowest BCUT2D eigenvalue weighted by Crippen LogP contribution is -1.95. The van der Waals surface area contributed by atoms with Gasteiger partial charge in [-0.05, 0) is 49.7 Å². The van der Waals surface area contributed by atoms with Gasteiger partial charge in [-0.2, -0.15) is 0 Å². The molecule has 2 N–H and O–H groups in total. The van der Waals surface area contributed by atoms with Crippen LogP contribution in [0.15, 0.2) is 36.5 Å². The van der Waals surface area contributed by atoms with E-state index in [1.54, 1.807) is 12.1 Å². The van der Waals surface area contributed by atoms with Crippen LogP contribution >= 0.6 is 0 Å². The molecule has 0 aliphatic heterocycles. The van der Waals surface area contributed by atoms with E-state index in [1.165, 1.54) is 12.1 Å². The molecular formula is C15H14FN3. The molecule has 0 unspecified atom stereocenters. The molecule has 0 aliphatic rings. The molecule has 0 saturated carbocycles. The van der Waals surface area contributed by atoms with E-state index in [-0.39, 0.29) is 5.82 Å². The van der Waals surface area contributed by atoms with Crippen molar-refractivity contribution in [2.24, 2.45) is 0 Å². The molecule has 2 heterocycles. The maximum absolute atomic E-state index is 13.0. The zero-order valence-corrected chi connectivity index (χ0v) is 10.8. The predicted octanol–water partition coefficient (Wildman–Crippen LogP) is 3.34. The van der Waals surface area contributed by atoms with Gasteiger partial charge in [0, 0.05) is 17.5 Å². The summed E-state index contributed by atoms with van der Waals surface area (Å²) in [6, 6.07) is 8.31. The number of nitrogen functional groups attached to an aromatic ring is 1. The lowest BCUT2D eigenvalue weighted by atomic mass is 10.1. The monoisotopic (exact) mass is 255 g/mol. The van der Waals surface area contributed by atoms with Gasteiger partial charge in [0.05, 0.1) is 11.4 Å². The third-order valence-corrected chi connectivity index (χ3v) is 3.36. The predicted molar refractivity (Wildman–Crippen MR) is 74.5 cm³/mol.